The summed E-state index contributed by atoms with van der Waals surface area (Å²) in [5.74, 6) is 0.432. The Hall–Kier alpha value is -1.33. The number of hydrogen-bond acceptors (Lipinski definition) is 5. The Kier molecular flexibility index (Phi) is 2.25. The normalized spacial score (nSPS) is 12.5. The zero-order chi connectivity index (χ0) is 8.27. The highest BCUT2D eigenvalue weighted by Crippen LogP contribution is 2.06. The van der Waals surface area contributed by atoms with E-state index in [-0.39, 0.29) is 0 Å². The Morgan fingerprint density at radius 1 is 1.55 bits per heavy atom. The summed E-state index contributed by atoms with van der Waals surface area (Å²) in [5, 5.41) is 11.2. The number of anilines is 2. The highest BCUT2D eigenvalue weighted by molar-refractivity contribution is 5.45. The highest BCUT2D eigenvalue weighted by atomic mass is 16.3. The Labute approximate surface area is 64.0 Å². The van der Waals surface area contributed by atoms with Gasteiger partial charge in [0.1, 0.15) is 5.82 Å². The summed E-state index contributed by atoms with van der Waals surface area (Å²) in [4.78, 5) is 3.78. The molecule has 6 N–H and O–H groups in total. The lowest BCUT2D eigenvalue weighted by Gasteiger charge is -2.07. The predicted molar refractivity (Wildman–Crippen MR) is 42.5 cm³/mol. The SMILES string of the molecule is Nc1ccc(NC(N)O)cn1. The van der Waals surface area contributed by atoms with Crippen molar-refractivity contribution in [2.45, 2.75) is 6.35 Å². The number of nitrogens with zero attached hydrogens (tertiary/aromatic N) is 1. The van der Waals surface area contributed by atoms with Crippen LogP contribution in [0.3, 0.4) is 0 Å². The van der Waals surface area contributed by atoms with Gasteiger partial charge in [-0.05, 0) is 12.1 Å². The number of nitrogens with two attached hydrogens (primary N) is 2. The molecule has 5 heteroatoms. The zero-order valence-electron chi connectivity index (χ0n) is 5.86. The van der Waals surface area contributed by atoms with Crippen LogP contribution >= 0.6 is 0 Å². The molecule has 1 unspecified atom stereocenters. The minimum absolute atomic E-state index is 0.432. The average Bonchev–Trinajstić information content (AvgIpc) is 1.93. The molecule has 1 atom stereocenters. The summed E-state index contributed by atoms with van der Waals surface area (Å²) >= 11 is 0. The maximum absolute atomic E-state index is 8.68. The van der Waals surface area contributed by atoms with E-state index < -0.39 is 6.35 Å². The fourth-order valence-corrected chi connectivity index (χ4v) is 0.661. The molecule has 60 valence electrons. The molecule has 0 aliphatic carbocycles. The molecule has 1 aromatic heterocycles. The van der Waals surface area contributed by atoms with E-state index in [0.29, 0.717) is 11.5 Å². The number of aliphatic hydroxyl groups excluding tert-OH is 1. The molecule has 0 saturated carbocycles. The Balaban J connectivity index is 2.66. The highest BCUT2D eigenvalue weighted by Gasteiger charge is 1.94. The molecule has 0 amide bonds. The van der Waals surface area contributed by atoms with Gasteiger partial charge in [-0.25, -0.2) is 4.98 Å². The molecule has 0 aromatic carbocycles. The third-order valence-electron chi connectivity index (χ3n) is 1.10. The summed E-state index contributed by atoms with van der Waals surface area (Å²) in [6, 6.07) is 3.29. The fourth-order valence-electron chi connectivity index (χ4n) is 0.661. The van der Waals surface area contributed by atoms with Gasteiger partial charge in [0.05, 0.1) is 11.9 Å². The molecule has 0 fully saturated rings. The van der Waals surface area contributed by atoms with Gasteiger partial charge in [-0.2, -0.15) is 0 Å². The topological polar surface area (TPSA) is 97.2 Å². The minimum atomic E-state index is -1.07. The summed E-state index contributed by atoms with van der Waals surface area (Å²) < 4.78 is 0. The van der Waals surface area contributed by atoms with E-state index in [4.69, 9.17) is 16.6 Å². The van der Waals surface area contributed by atoms with Crippen LogP contribution in [-0.4, -0.2) is 16.4 Å². The molecule has 0 saturated heterocycles. The third kappa shape index (κ3) is 2.40. The van der Waals surface area contributed by atoms with Gasteiger partial charge in [0.15, 0.2) is 6.35 Å². The van der Waals surface area contributed by atoms with Crippen LogP contribution in [0.5, 0.6) is 0 Å². The van der Waals surface area contributed by atoms with E-state index in [9.17, 15) is 0 Å². The van der Waals surface area contributed by atoms with E-state index in [0.717, 1.165) is 0 Å². The average molecular weight is 154 g/mol. The number of nitrogen functional groups attached to an aromatic ring is 1. The van der Waals surface area contributed by atoms with Gasteiger partial charge in [0.2, 0.25) is 0 Å². The largest absolute Gasteiger partial charge is 0.384 e. The number of rotatable bonds is 2. The minimum Gasteiger partial charge on any atom is -0.384 e. The lowest BCUT2D eigenvalue weighted by molar-refractivity contribution is 0.212. The van der Waals surface area contributed by atoms with E-state index in [1.54, 1.807) is 12.1 Å². The standard InChI is InChI=1S/C6H10N4O/c7-5-2-1-4(3-9-5)10-6(8)11/h1-3,6,10-11H,8H2,(H2,7,9). The molecular weight excluding hydrogens is 144 g/mol. The van der Waals surface area contributed by atoms with Crippen LogP contribution in [0.2, 0.25) is 0 Å². The summed E-state index contributed by atoms with van der Waals surface area (Å²) in [7, 11) is 0. The van der Waals surface area contributed by atoms with Gasteiger partial charge >= 0.3 is 0 Å². The number of nitrogens with one attached hydrogen (secondary N) is 1. The second kappa shape index (κ2) is 3.18. The van der Waals surface area contributed by atoms with Crippen molar-refractivity contribution in [2.75, 3.05) is 11.1 Å². The van der Waals surface area contributed by atoms with Crippen molar-refractivity contribution in [2.24, 2.45) is 5.73 Å². The quantitative estimate of drug-likeness (QED) is 0.423. The summed E-state index contributed by atoms with van der Waals surface area (Å²) in [5.41, 5.74) is 11.0. The van der Waals surface area contributed by atoms with Crippen molar-refractivity contribution in [1.82, 2.24) is 4.98 Å². The van der Waals surface area contributed by atoms with Crippen molar-refractivity contribution in [1.29, 1.82) is 0 Å². The van der Waals surface area contributed by atoms with Crippen LogP contribution in [0.4, 0.5) is 11.5 Å². The predicted octanol–water partition coefficient (Wildman–Crippen LogP) is -0.690. The Morgan fingerprint density at radius 3 is 2.73 bits per heavy atom. The van der Waals surface area contributed by atoms with E-state index >= 15 is 0 Å². The number of aliphatic hydroxyl groups is 1. The molecule has 0 radical (unpaired) electrons. The Bertz CT molecular complexity index is 221. The van der Waals surface area contributed by atoms with Crippen LogP contribution in [0, 0.1) is 0 Å². The first-order chi connectivity index (χ1) is 5.18. The van der Waals surface area contributed by atoms with Crippen molar-refractivity contribution < 1.29 is 5.11 Å². The van der Waals surface area contributed by atoms with Gasteiger partial charge < -0.3 is 16.2 Å². The van der Waals surface area contributed by atoms with Crippen molar-refractivity contribution in [3.63, 3.8) is 0 Å². The molecule has 11 heavy (non-hydrogen) atoms. The van der Waals surface area contributed by atoms with Gasteiger partial charge in [0.25, 0.3) is 0 Å². The van der Waals surface area contributed by atoms with E-state index in [2.05, 4.69) is 10.3 Å². The maximum Gasteiger partial charge on any atom is 0.178 e. The van der Waals surface area contributed by atoms with Gasteiger partial charge in [-0.15, -0.1) is 0 Å². The van der Waals surface area contributed by atoms with Crippen LogP contribution in [0.25, 0.3) is 0 Å². The van der Waals surface area contributed by atoms with Crippen LogP contribution in [0.1, 0.15) is 0 Å². The summed E-state index contributed by atoms with van der Waals surface area (Å²) in [6.07, 6.45) is 0.422. The fraction of sp³-hybridized carbons (Fsp3) is 0.167. The summed E-state index contributed by atoms with van der Waals surface area (Å²) in [6.45, 7) is 0. The van der Waals surface area contributed by atoms with Crippen molar-refractivity contribution in [3.8, 4) is 0 Å². The molecule has 1 rings (SSSR count). The monoisotopic (exact) mass is 154 g/mol. The van der Waals surface area contributed by atoms with E-state index in [1.165, 1.54) is 6.20 Å². The van der Waals surface area contributed by atoms with Gasteiger partial charge in [-0.3, -0.25) is 5.73 Å². The zero-order valence-corrected chi connectivity index (χ0v) is 5.86. The lowest BCUT2D eigenvalue weighted by Crippen LogP contribution is -2.28. The molecular formula is C6H10N4O. The van der Waals surface area contributed by atoms with Crippen LogP contribution < -0.4 is 16.8 Å². The van der Waals surface area contributed by atoms with Crippen molar-refractivity contribution >= 4 is 11.5 Å². The second-order valence-electron chi connectivity index (χ2n) is 2.06. The van der Waals surface area contributed by atoms with Gasteiger partial charge in [0, 0.05) is 0 Å². The number of aromatic nitrogens is 1. The molecule has 0 spiro atoms. The molecule has 0 aliphatic heterocycles. The first-order valence-electron chi connectivity index (χ1n) is 3.10. The Morgan fingerprint density at radius 2 is 2.27 bits per heavy atom. The van der Waals surface area contributed by atoms with Crippen LogP contribution in [0.15, 0.2) is 18.3 Å². The first-order valence-corrected chi connectivity index (χ1v) is 3.10. The van der Waals surface area contributed by atoms with Gasteiger partial charge in [-0.1, -0.05) is 0 Å². The number of hydrogen-bond donors (Lipinski definition) is 4. The molecule has 0 aliphatic rings. The van der Waals surface area contributed by atoms with Crippen molar-refractivity contribution in [3.05, 3.63) is 18.3 Å². The second-order valence-corrected chi connectivity index (χ2v) is 2.06. The third-order valence-corrected chi connectivity index (χ3v) is 1.10. The smallest absolute Gasteiger partial charge is 0.178 e. The lowest BCUT2D eigenvalue weighted by atomic mass is 10.4. The molecule has 5 nitrogen and oxygen atoms in total. The molecule has 1 aromatic rings. The molecule has 0 bridgehead atoms. The maximum atomic E-state index is 8.68. The first kappa shape index (κ1) is 7.77. The van der Waals surface area contributed by atoms with Crippen LogP contribution in [-0.2, 0) is 0 Å². The van der Waals surface area contributed by atoms with E-state index in [1.807, 2.05) is 0 Å². The molecule has 1 heterocycles. The number of pyridine rings is 1.